The van der Waals surface area contributed by atoms with Crippen LogP contribution in [0.4, 0.5) is 0 Å². The van der Waals surface area contributed by atoms with Crippen molar-refractivity contribution in [2.45, 2.75) is 6.92 Å². The van der Waals surface area contributed by atoms with Gasteiger partial charge in [-0.05, 0) is 62.1 Å². The maximum Gasteiger partial charge on any atom is 0.119 e. The first-order valence-electron chi connectivity index (χ1n) is 3.42. The molecule has 0 aliphatic heterocycles. The molecule has 0 saturated heterocycles. The summed E-state index contributed by atoms with van der Waals surface area (Å²) in [7, 11) is 0. The van der Waals surface area contributed by atoms with E-state index in [4.69, 9.17) is 0 Å². The number of halogens is 2. The molecule has 0 aliphatic carbocycles. The zero-order valence-electron chi connectivity index (χ0n) is 6.51. The van der Waals surface area contributed by atoms with Gasteiger partial charge in [0.05, 0.1) is 3.39 Å². The van der Waals surface area contributed by atoms with Gasteiger partial charge >= 0.3 is 0 Å². The van der Waals surface area contributed by atoms with Crippen molar-refractivity contribution < 1.29 is 5.11 Å². The molecule has 0 saturated carbocycles. The zero-order chi connectivity index (χ0) is 9.14. The highest BCUT2D eigenvalue weighted by Crippen LogP contribution is 2.22. The molecule has 0 atom stereocenters. The molecule has 1 nitrogen and oxygen atoms in total. The normalized spacial score (nSPS) is 9.58. The Bertz CT molecular complexity index is 314. The van der Waals surface area contributed by atoms with Gasteiger partial charge in [-0.1, -0.05) is 12.1 Å². The molecule has 3 heteroatoms. The smallest absolute Gasteiger partial charge is 0.119 e. The zero-order valence-corrected chi connectivity index (χ0v) is 9.68. The minimum atomic E-state index is 0.324. The summed E-state index contributed by atoms with van der Waals surface area (Å²) >= 11 is 6.50. The average Bonchev–Trinajstić information content (AvgIpc) is 1.96. The Morgan fingerprint density at radius 2 is 2.08 bits per heavy atom. The molecule has 1 rings (SSSR count). The minimum absolute atomic E-state index is 0.324. The molecule has 64 valence electrons. The highest BCUT2D eigenvalue weighted by atomic mass is 79.9. The lowest BCUT2D eigenvalue weighted by atomic mass is 10.1. The van der Waals surface area contributed by atoms with E-state index in [-0.39, 0.29) is 0 Å². The van der Waals surface area contributed by atoms with E-state index in [0.29, 0.717) is 5.75 Å². The summed E-state index contributed by atoms with van der Waals surface area (Å²) in [5.74, 6) is 0.324. The van der Waals surface area contributed by atoms with Crippen molar-refractivity contribution in [1.82, 2.24) is 0 Å². The number of phenols is 1. The van der Waals surface area contributed by atoms with Crippen molar-refractivity contribution >= 4 is 37.9 Å². The molecule has 1 aromatic rings. The highest BCUT2D eigenvalue weighted by Gasteiger charge is 1.95. The predicted molar refractivity (Wildman–Crippen MR) is 58.7 cm³/mol. The third-order valence-corrected chi connectivity index (χ3v) is 1.97. The summed E-state index contributed by atoms with van der Waals surface area (Å²) in [4.78, 5) is 0. The fourth-order valence-electron chi connectivity index (χ4n) is 0.842. The Kier molecular flexibility index (Phi) is 3.35. The van der Waals surface area contributed by atoms with Gasteiger partial charge in [0.25, 0.3) is 0 Å². The van der Waals surface area contributed by atoms with E-state index in [1.54, 1.807) is 6.07 Å². The van der Waals surface area contributed by atoms with Crippen molar-refractivity contribution in [1.29, 1.82) is 0 Å². The van der Waals surface area contributed by atoms with Crippen LogP contribution in [0.25, 0.3) is 6.08 Å². The van der Waals surface area contributed by atoms with E-state index in [9.17, 15) is 5.11 Å². The lowest BCUT2D eigenvalue weighted by molar-refractivity contribution is 0.471. The first kappa shape index (κ1) is 9.81. The van der Waals surface area contributed by atoms with E-state index in [1.807, 2.05) is 25.1 Å². The number of hydrogen-bond donors (Lipinski definition) is 1. The Morgan fingerprint density at radius 1 is 1.42 bits per heavy atom. The van der Waals surface area contributed by atoms with Crippen LogP contribution in [0.15, 0.2) is 21.6 Å². The van der Waals surface area contributed by atoms with E-state index in [1.165, 1.54) is 0 Å². The lowest BCUT2D eigenvalue weighted by Crippen LogP contribution is -1.76. The second-order valence-electron chi connectivity index (χ2n) is 2.48. The molecule has 0 heterocycles. The van der Waals surface area contributed by atoms with Gasteiger partial charge < -0.3 is 5.11 Å². The molecule has 0 fully saturated rings. The highest BCUT2D eigenvalue weighted by molar-refractivity contribution is 9.28. The van der Waals surface area contributed by atoms with Gasteiger partial charge in [-0.3, -0.25) is 0 Å². The molecule has 0 aromatic heterocycles. The van der Waals surface area contributed by atoms with Gasteiger partial charge in [-0.2, -0.15) is 0 Å². The molecular formula is C9H8Br2O. The van der Waals surface area contributed by atoms with Crippen LogP contribution in [0.3, 0.4) is 0 Å². The van der Waals surface area contributed by atoms with Gasteiger partial charge in [0, 0.05) is 0 Å². The lowest BCUT2D eigenvalue weighted by Gasteiger charge is -1.99. The summed E-state index contributed by atoms with van der Waals surface area (Å²) < 4.78 is 0.859. The van der Waals surface area contributed by atoms with Crippen LogP contribution < -0.4 is 0 Å². The van der Waals surface area contributed by atoms with Gasteiger partial charge in [-0.15, -0.1) is 0 Å². The van der Waals surface area contributed by atoms with E-state index < -0.39 is 0 Å². The van der Waals surface area contributed by atoms with Crippen LogP contribution in [0, 0.1) is 6.92 Å². The third kappa shape index (κ3) is 2.64. The number of rotatable bonds is 1. The van der Waals surface area contributed by atoms with Crippen LogP contribution in [-0.4, -0.2) is 5.11 Å². The standard InChI is InChI=1S/C9H8Br2O/c1-6-2-3-7(4-8(6)12)5-9(10)11/h2-5,12H,1H3. The molecule has 0 spiro atoms. The number of benzene rings is 1. The Morgan fingerprint density at radius 3 is 2.58 bits per heavy atom. The maximum atomic E-state index is 9.35. The van der Waals surface area contributed by atoms with Crippen molar-refractivity contribution in [3.63, 3.8) is 0 Å². The average molecular weight is 292 g/mol. The minimum Gasteiger partial charge on any atom is -0.508 e. The largest absolute Gasteiger partial charge is 0.508 e. The summed E-state index contributed by atoms with van der Waals surface area (Å²) in [6, 6.07) is 5.54. The van der Waals surface area contributed by atoms with E-state index in [0.717, 1.165) is 14.5 Å². The maximum absolute atomic E-state index is 9.35. The quantitative estimate of drug-likeness (QED) is 0.835. The first-order chi connectivity index (χ1) is 5.59. The van der Waals surface area contributed by atoms with Crippen molar-refractivity contribution in [3.8, 4) is 5.75 Å². The van der Waals surface area contributed by atoms with Crippen LogP contribution >= 0.6 is 31.9 Å². The van der Waals surface area contributed by atoms with Crippen LogP contribution in [-0.2, 0) is 0 Å². The molecule has 0 aliphatic rings. The van der Waals surface area contributed by atoms with Crippen LogP contribution in [0.5, 0.6) is 5.75 Å². The number of aromatic hydroxyl groups is 1. The SMILES string of the molecule is Cc1ccc(C=C(Br)Br)cc1O. The second-order valence-corrected chi connectivity index (χ2v) is 5.25. The van der Waals surface area contributed by atoms with Crippen molar-refractivity contribution in [2.24, 2.45) is 0 Å². The van der Waals surface area contributed by atoms with Crippen molar-refractivity contribution in [2.75, 3.05) is 0 Å². The number of phenolic OH excluding ortho intramolecular Hbond substituents is 1. The topological polar surface area (TPSA) is 20.2 Å². The van der Waals surface area contributed by atoms with E-state index in [2.05, 4.69) is 31.9 Å². The summed E-state index contributed by atoms with van der Waals surface area (Å²) in [5.41, 5.74) is 1.85. The van der Waals surface area contributed by atoms with Crippen LogP contribution in [0.2, 0.25) is 0 Å². The molecule has 1 N–H and O–H groups in total. The Hall–Kier alpha value is -0.280. The molecule has 1 aromatic carbocycles. The summed E-state index contributed by atoms with van der Waals surface area (Å²) in [5, 5.41) is 9.35. The number of aryl methyl sites for hydroxylation is 1. The molecule has 0 amide bonds. The molecular weight excluding hydrogens is 284 g/mol. The summed E-state index contributed by atoms with van der Waals surface area (Å²) in [6.45, 7) is 1.87. The van der Waals surface area contributed by atoms with Gasteiger partial charge in [0.2, 0.25) is 0 Å². The van der Waals surface area contributed by atoms with Crippen LogP contribution in [0.1, 0.15) is 11.1 Å². The number of hydrogen-bond acceptors (Lipinski definition) is 1. The fourth-order valence-corrected chi connectivity index (χ4v) is 1.37. The van der Waals surface area contributed by atoms with Gasteiger partial charge in [0.1, 0.15) is 5.75 Å². The monoisotopic (exact) mass is 290 g/mol. The second kappa shape index (κ2) is 4.10. The molecule has 12 heavy (non-hydrogen) atoms. The fraction of sp³-hybridized carbons (Fsp3) is 0.111. The molecule has 0 radical (unpaired) electrons. The molecule has 0 unspecified atom stereocenters. The summed E-state index contributed by atoms with van der Waals surface area (Å²) in [6.07, 6.45) is 1.87. The van der Waals surface area contributed by atoms with Gasteiger partial charge in [-0.25, -0.2) is 0 Å². The first-order valence-corrected chi connectivity index (χ1v) is 5.00. The van der Waals surface area contributed by atoms with Crippen molar-refractivity contribution in [3.05, 3.63) is 32.7 Å². The Balaban J connectivity index is 3.05. The van der Waals surface area contributed by atoms with Gasteiger partial charge in [0.15, 0.2) is 0 Å². The predicted octanol–water partition coefficient (Wildman–Crippen LogP) is 3.79. The third-order valence-electron chi connectivity index (χ3n) is 1.51. The molecule has 0 bridgehead atoms. The van der Waals surface area contributed by atoms with E-state index >= 15 is 0 Å². The Labute approximate surface area is 88.4 Å².